The molecule has 354 valence electrons. The van der Waals surface area contributed by atoms with E-state index in [0.717, 1.165) is 57.8 Å². The zero-order valence-electron chi connectivity index (χ0n) is 37.7. The molecule has 1 saturated heterocycles. The smallest absolute Gasteiger partial charge is 0.306 e. The zero-order chi connectivity index (χ0) is 45.5. The SMILES string of the molecule is CC/C=C/C/C=C/C/C=C/C/C=C/C/C=C/C/C=C/CCC(=O)O[C@H](COC(=O)CCCCC/C=C/CCCCCCCCCC)CO[C@H]1O[C@H](CS(=O)(=O)O)[C@@H](O)C(O)C1O. The molecule has 4 N–H and O–H groups in total. The van der Waals surface area contributed by atoms with E-state index in [9.17, 15) is 37.9 Å². The van der Waals surface area contributed by atoms with E-state index in [1.54, 1.807) is 0 Å². The fourth-order valence-electron chi connectivity index (χ4n) is 6.40. The quantitative estimate of drug-likeness (QED) is 0.0201. The Hall–Kier alpha value is -3.17. The number of hydrogen-bond donors (Lipinski definition) is 4. The number of carbonyl (C=O) groups is 2. The van der Waals surface area contributed by atoms with Crippen LogP contribution < -0.4 is 0 Å². The topological polar surface area (TPSA) is 186 Å². The number of aliphatic hydroxyl groups excluding tert-OH is 3. The highest BCUT2D eigenvalue weighted by molar-refractivity contribution is 7.85. The van der Waals surface area contributed by atoms with E-state index in [4.69, 9.17) is 18.9 Å². The fraction of sp³-hybridized carbons (Fsp3) is 0.673. The van der Waals surface area contributed by atoms with Gasteiger partial charge in [0.25, 0.3) is 10.1 Å². The lowest BCUT2D eigenvalue weighted by atomic mass is 10.00. The van der Waals surface area contributed by atoms with Crippen molar-refractivity contribution in [3.05, 3.63) is 85.1 Å². The Morgan fingerprint density at radius 1 is 0.565 bits per heavy atom. The standard InChI is InChI=1S/C49H80O12S/c1-3-5-7-9-11-13-15-17-19-20-21-22-24-26-28-30-32-34-36-38-45(51)60-42(40-59-49-48(54)47(53)46(52)43(61-49)41-62(55,56)57)39-58-44(50)37-35-33-31-29-27-25-23-18-16-14-12-10-8-6-4-2/h5,7,11,13,17,19,21-22,25-28,32,34,42-43,46-49,52-54H,3-4,6,8-10,12,14-16,18,20,23-24,29-31,33,35-41H2,1-2H3,(H,55,56,57)/b7-5+,13-11+,19-17+,22-21+,27-25+,28-26+,34-32+/t42-,43-,46-,47?,48?,49+/m1/s1. The Kier molecular flexibility index (Phi) is 35.1. The fourth-order valence-corrected chi connectivity index (χ4v) is 7.09. The number of carbonyl (C=O) groups excluding carboxylic acids is 2. The van der Waals surface area contributed by atoms with Crippen LogP contribution in [0.4, 0.5) is 0 Å². The second-order valence-electron chi connectivity index (χ2n) is 15.7. The number of aliphatic hydroxyl groups is 3. The molecule has 0 spiro atoms. The molecule has 13 heteroatoms. The average molecular weight is 893 g/mol. The summed E-state index contributed by atoms with van der Waals surface area (Å²) in [6.45, 7) is 3.56. The molecule has 2 unspecified atom stereocenters. The van der Waals surface area contributed by atoms with Gasteiger partial charge in [-0.3, -0.25) is 14.1 Å². The molecule has 1 heterocycles. The maximum atomic E-state index is 12.8. The number of allylic oxidation sites excluding steroid dienone is 14. The van der Waals surface area contributed by atoms with E-state index >= 15 is 0 Å². The van der Waals surface area contributed by atoms with Crippen molar-refractivity contribution in [2.24, 2.45) is 0 Å². The highest BCUT2D eigenvalue weighted by Crippen LogP contribution is 2.24. The van der Waals surface area contributed by atoms with Crippen LogP contribution in [0.5, 0.6) is 0 Å². The van der Waals surface area contributed by atoms with Gasteiger partial charge in [-0.05, 0) is 77.0 Å². The van der Waals surface area contributed by atoms with Crippen LogP contribution in [-0.2, 0) is 38.7 Å². The van der Waals surface area contributed by atoms with Crippen molar-refractivity contribution in [2.75, 3.05) is 19.0 Å². The molecule has 0 radical (unpaired) electrons. The van der Waals surface area contributed by atoms with E-state index in [1.807, 2.05) is 18.2 Å². The van der Waals surface area contributed by atoms with Gasteiger partial charge in [0.15, 0.2) is 12.4 Å². The number of ether oxygens (including phenoxy) is 4. The maximum Gasteiger partial charge on any atom is 0.306 e. The Balaban J connectivity index is 2.52. The minimum Gasteiger partial charge on any atom is -0.462 e. The van der Waals surface area contributed by atoms with Crippen molar-refractivity contribution in [3.8, 4) is 0 Å². The van der Waals surface area contributed by atoms with Crippen LogP contribution in [-0.4, -0.2) is 96.0 Å². The van der Waals surface area contributed by atoms with Crippen molar-refractivity contribution in [3.63, 3.8) is 0 Å². The third kappa shape index (κ3) is 32.5. The lowest BCUT2D eigenvalue weighted by Gasteiger charge is -2.40. The maximum absolute atomic E-state index is 12.8. The summed E-state index contributed by atoms with van der Waals surface area (Å²) in [5.41, 5.74) is 0. The Labute approximate surface area is 373 Å². The summed E-state index contributed by atoms with van der Waals surface area (Å²) in [5, 5.41) is 30.9. The van der Waals surface area contributed by atoms with Crippen molar-refractivity contribution in [2.45, 2.75) is 192 Å². The molecule has 1 fully saturated rings. The normalized spacial score (nSPS) is 20.6. The third-order valence-electron chi connectivity index (χ3n) is 9.97. The van der Waals surface area contributed by atoms with Gasteiger partial charge in [-0.25, -0.2) is 0 Å². The number of esters is 2. The van der Waals surface area contributed by atoms with Gasteiger partial charge >= 0.3 is 11.9 Å². The van der Waals surface area contributed by atoms with Crippen LogP contribution in [0.15, 0.2) is 85.1 Å². The Bertz CT molecular complexity index is 1460. The summed E-state index contributed by atoms with van der Waals surface area (Å²) in [7, 11) is -4.62. The van der Waals surface area contributed by atoms with Gasteiger partial charge < -0.3 is 34.3 Å². The van der Waals surface area contributed by atoms with Crippen molar-refractivity contribution < 1.29 is 56.8 Å². The van der Waals surface area contributed by atoms with Crippen LogP contribution in [0.1, 0.15) is 155 Å². The molecule has 1 aliphatic heterocycles. The molecule has 0 aromatic rings. The first-order valence-corrected chi connectivity index (χ1v) is 24.8. The van der Waals surface area contributed by atoms with E-state index < -0.39 is 71.2 Å². The van der Waals surface area contributed by atoms with Crippen LogP contribution in [0.3, 0.4) is 0 Å². The number of unbranched alkanes of at least 4 members (excludes halogenated alkanes) is 11. The largest absolute Gasteiger partial charge is 0.462 e. The molecule has 1 rings (SSSR count). The van der Waals surface area contributed by atoms with Gasteiger partial charge in [0, 0.05) is 12.8 Å². The van der Waals surface area contributed by atoms with Gasteiger partial charge in [-0.2, -0.15) is 8.42 Å². The number of rotatable bonds is 37. The van der Waals surface area contributed by atoms with Gasteiger partial charge in [0.2, 0.25) is 0 Å². The highest BCUT2D eigenvalue weighted by Gasteiger charge is 2.46. The average Bonchev–Trinajstić information content (AvgIpc) is 3.24. The summed E-state index contributed by atoms with van der Waals surface area (Å²) in [6.07, 6.45) is 40.7. The summed E-state index contributed by atoms with van der Waals surface area (Å²) < 4.78 is 54.0. The van der Waals surface area contributed by atoms with E-state index in [-0.39, 0.29) is 19.4 Å². The zero-order valence-corrected chi connectivity index (χ0v) is 38.5. The minimum atomic E-state index is -4.62. The summed E-state index contributed by atoms with van der Waals surface area (Å²) in [5.74, 6) is -2.12. The predicted molar refractivity (Wildman–Crippen MR) is 247 cm³/mol. The highest BCUT2D eigenvalue weighted by atomic mass is 32.2. The van der Waals surface area contributed by atoms with E-state index in [1.165, 1.54) is 51.4 Å². The first-order chi connectivity index (χ1) is 30.0. The molecular weight excluding hydrogens is 813 g/mol. The predicted octanol–water partition coefficient (Wildman–Crippen LogP) is 9.67. The third-order valence-corrected chi connectivity index (χ3v) is 10.7. The van der Waals surface area contributed by atoms with Gasteiger partial charge in [0.1, 0.15) is 36.8 Å². The monoisotopic (exact) mass is 893 g/mol. The summed E-state index contributed by atoms with van der Waals surface area (Å²) in [6, 6.07) is 0. The molecule has 0 bridgehead atoms. The second-order valence-corrected chi connectivity index (χ2v) is 17.2. The first kappa shape index (κ1) is 56.8. The molecule has 0 aliphatic carbocycles. The molecule has 12 nitrogen and oxygen atoms in total. The van der Waals surface area contributed by atoms with Crippen LogP contribution in [0.2, 0.25) is 0 Å². The lowest BCUT2D eigenvalue weighted by molar-refractivity contribution is -0.297. The minimum absolute atomic E-state index is 0.0318. The van der Waals surface area contributed by atoms with Gasteiger partial charge in [0.05, 0.1) is 6.61 Å². The van der Waals surface area contributed by atoms with Gasteiger partial charge in [-0.1, -0.05) is 150 Å². The van der Waals surface area contributed by atoms with Crippen molar-refractivity contribution in [1.82, 2.24) is 0 Å². The van der Waals surface area contributed by atoms with Crippen LogP contribution in [0.25, 0.3) is 0 Å². The Morgan fingerprint density at radius 2 is 1.05 bits per heavy atom. The summed E-state index contributed by atoms with van der Waals surface area (Å²) >= 11 is 0. The van der Waals surface area contributed by atoms with Crippen LogP contribution in [0, 0.1) is 0 Å². The molecule has 1 aliphatic rings. The molecule has 0 aromatic heterocycles. The summed E-state index contributed by atoms with van der Waals surface area (Å²) in [4.78, 5) is 25.4. The van der Waals surface area contributed by atoms with Crippen molar-refractivity contribution in [1.29, 1.82) is 0 Å². The molecule has 6 atom stereocenters. The first-order valence-electron chi connectivity index (χ1n) is 23.1. The molecule has 62 heavy (non-hydrogen) atoms. The van der Waals surface area contributed by atoms with E-state index in [2.05, 4.69) is 80.7 Å². The van der Waals surface area contributed by atoms with Gasteiger partial charge in [-0.15, -0.1) is 0 Å². The number of hydrogen-bond acceptors (Lipinski definition) is 11. The molecule has 0 saturated carbocycles. The molecular formula is C49H80O12S. The molecule has 0 aromatic carbocycles. The van der Waals surface area contributed by atoms with Crippen LogP contribution >= 0.6 is 0 Å². The van der Waals surface area contributed by atoms with E-state index in [0.29, 0.717) is 19.3 Å². The van der Waals surface area contributed by atoms with Crippen molar-refractivity contribution >= 4 is 22.1 Å². The Morgan fingerprint density at radius 3 is 1.58 bits per heavy atom. The molecule has 0 amide bonds. The lowest BCUT2D eigenvalue weighted by Crippen LogP contribution is -2.60. The second kappa shape index (κ2) is 38.3.